The van der Waals surface area contributed by atoms with Gasteiger partial charge in [-0.05, 0) is 24.1 Å². The van der Waals surface area contributed by atoms with Crippen LogP contribution in [-0.4, -0.2) is 9.97 Å². The Morgan fingerprint density at radius 2 is 2.12 bits per heavy atom. The Hall–Kier alpha value is -2.10. The maximum Gasteiger partial charge on any atom is 0.135 e. The van der Waals surface area contributed by atoms with Crippen molar-refractivity contribution in [1.82, 2.24) is 9.97 Å². The Kier molecular flexibility index (Phi) is 3.00. The van der Waals surface area contributed by atoms with Gasteiger partial charge in [0, 0.05) is 11.8 Å². The summed E-state index contributed by atoms with van der Waals surface area (Å²) >= 11 is 0. The van der Waals surface area contributed by atoms with Gasteiger partial charge in [-0.15, -0.1) is 0 Å². The zero-order valence-electron chi connectivity index (χ0n) is 9.14. The number of hydrogen-bond acceptors (Lipinski definition) is 4. The van der Waals surface area contributed by atoms with Crippen molar-refractivity contribution in [3.05, 3.63) is 42.2 Å². The van der Waals surface area contributed by atoms with Gasteiger partial charge >= 0.3 is 0 Å². The van der Waals surface area contributed by atoms with Crippen molar-refractivity contribution in [3.8, 4) is 0 Å². The molecule has 0 fully saturated rings. The molecule has 1 aromatic heterocycles. The van der Waals surface area contributed by atoms with Gasteiger partial charge in [0.2, 0.25) is 0 Å². The SMILES string of the molecule is CCc1cccc(Nc2cc(N)ncn2)c1. The van der Waals surface area contributed by atoms with Gasteiger partial charge in [-0.25, -0.2) is 9.97 Å². The summed E-state index contributed by atoms with van der Waals surface area (Å²) in [6.45, 7) is 2.13. The lowest BCUT2D eigenvalue weighted by atomic mass is 10.1. The van der Waals surface area contributed by atoms with Gasteiger partial charge in [-0.1, -0.05) is 19.1 Å². The number of hydrogen-bond donors (Lipinski definition) is 2. The first-order valence-electron chi connectivity index (χ1n) is 5.21. The van der Waals surface area contributed by atoms with Gasteiger partial charge < -0.3 is 11.1 Å². The minimum absolute atomic E-state index is 0.462. The highest BCUT2D eigenvalue weighted by Crippen LogP contribution is 2.16. The average molecular weight is 214 g/mol. The second kappa shape index (κ2) is 4.61. The molecule has 2 aromatic rings. The van der Waals surface area contributed by atoms with Crippen LogP contribution in [0.4, 0.5) is 17.3 Å². The fraction of sp³-hybridized carbons (Fsp3) is 0.167. The van der Waals surface area contributed by atoms with Crippen LogP contribution < -0.4 is 11.1 Å². The molecule has 1 heterocycles. The standard InChI is InChI=1S/C12H14N4/c1-2-9-4-3-5-10(6-9)16-12-7-11(13)14-8-15-12/h3-8H,2H2,1H3,(H3,13,14,15,16). The number of benzene rings is 1. The van der Waals surface area contributed by atoms with Crippen molar-refractivity contribution in [2.75, 3.05) is 11.1 Å². The van der Waals surface area contributed by atoms with E-state index >= 15 is 0 Å². The molecule has 0 saturated heterocycles. The molecule has 0 radical (unpaired) electrons. The molecule has 0 amide bonds. The number of anilines is 3. The highest BCUT2D eigenvalue weighted by molar-refractivity contribution is 5.58. The van der Waals surface area contributed by atoms with E-state index in [-0.39, 0.29) is 0 Å². The molecule has 0 saturated carbocycles. The first-order valence-corrected chi connectivity index (χ1v) is 5.21. The molecule has 3 N–H and O–H groups in total. The number of aromatic nitrogens is 2. The van der Waals surface area contributed by atoms with E-state index in [0.29, 0.717) is 11.6 Å². The monoisotopic (exact) mass is 214 g/mol. The van der Waals surface area contributed by atoms with E-state index < -0.39 is 0 Å². The number of aryl methyl sites for hydroxylation is 1. The smallest absolute Gasteiger partial charge is 0.135 e. The number of nitrogens with one attached hydrogen (secondary N) is 1. The average Bonchev–Trinajstić information content (AvgIpc) is 2.29. The Labute approximate surface area is 94.5 Å². The molecular weight excluding hydrogens is 200 g/mol. The molecule has 0 aliphatic rings. The molecule has 0 aliphatic carbocycles. The fourth-order valence-electron chi connectivity index (χ4n) is 1.46. The van der Waals surface area contributed by atoms with Gasteiger partial charge in [-0.2, -0.15) is 0 Å². The van der Waals surface area contributed by atoms with Gasteiger partial charge in [0.15, 0.2) is 0 Å². The minimum Gasteiger partial charge on any atom is -0.384 e. The van der Waals surface area contributed by atoms with Gasteiger partial charge in [0.1, 0.15) is 18.0 Å². The molecule has 4 nitrogen and oxygen atoms in total. The largest absolute Gasteiger partial charge is 0.384 e. The highest BCUT2D eigenvalue weighted by atomic mass is 15.0. The molecule has 2 rings (SSSR count). The van der Waals surface area contributed by atoms with E-state index in [0.717, 1.165) is 12.1 Å². The van der Waals surface area contributed by atoms with Crippen LogP contribution in [0.15, 0.2) is 36.7 Å². The maximum atomic E-state index is 5.58. The number of rotatable bonds is 3. The summed E-state index contributed by atoms with van der Waals surface area (Å²) in [7, 11) is 0. The van der Waals surface area contributed by atoms with Crippen LogP contribution in [0, 0.1) is 0 Å². The highest BCUT2D eigenvalue weighted by Gasteiger charge is 1.97. The zero-order valence-corrected chi connectivity index (χ0v) is 9.14. The second-order valence-corrected chi connectivity index (χ2v) is 3.51. The van der Waals surface area contributed by atoms with E-state index in [1.54, 1.807) is 6.07 Å². The van der Waals surface area contributed by atoms with Crippen LogP contribution >= 0.6 is 0 Å². The summed E-state index contributed by atoms with van der Waals surface area (Å²) in [6, 6.07) is 9.92. The lowest BCUT2D eigenvalue weighted by Crippen LogP contribution is -1.97. The third kappa shape index (κ3) is 2.48. The molecule has 0 aliphatic heterocycles. The topological polar surface area (TPSA) is 63.8 Å². The Balaban J connectivity index is 2.20. The van der Waals surface area contributed by atoms with E-state index in [2.05, 4.69) is 34.3 Å². The van der Waals surface area contributed by atoms with E-state index in [4.69, 9.17) is 5.73 Å². The minimum atomic E-state index is 0.462. The molecule has 0 unspecified atom stereocenters. The summed E-state index contributed by atoms with van der Waals surface area (Å²) in [5.41, 5.74) is 7.87. The van der Waals surface area contributed by atoms with Gasteiger partial charge in [0.25, 0.3) is 0 Å². The number of nitrogens with two attached hydrogens (primary N) is 1. The van der Waals surface area contributed by atoms with Crippen molar-refractivity contribution < 1.29 is 0 Å². The lowest BCUT2D eigenvalue weighted by molar-refractivity contribution is 1.14. The van der Waals surface area contributed by atoms with Crippen LogP contribution in [0.5, 0.6) is 0 Å². The third-order valence-corrected chi connectivity index (χ3v) is 2.30. The third-order valence-electron chi connectivity index (χ3n) is 2.30. The van der Waals surface area contributed by atoms with Crippen LogP contribution in [0.25, 0.3) is 0 Å². The summed E-state index contributed by atoms with van der Waals surface area (Å²) in [5, 5.41) is 3.19. The first kappa shape index (κ1) is 10.4. The van der Waals surface area contributed by atoms with Crippen molar-refractivity contribution >= 4 is 17.3 Å². The molecule has 0 bridgehead atoms. The van der Waals surface area contributed by atoms with Crippen molar-refractivity contribution in [2.45, 2.75) is 13.3 Å². The zero-order chi connectivity index (χ0) is 11.4. The molecule has 1 aromatic carbocycles. The summed E-state index contributed by atoms with van der Waals surface area (Å²) in [6.07, 6.45) is 2.46. The van der Waals surface area contributed by atoms with E-state index in [1.165, 1.54) is 11.9 Å². The molecular formula is C12H14N4. The van der Waals surface area contributed by atoms with Gasteiger partial charge in [0.05, 0.1) is 0 Å². The normalized spacial score (nSPS) is 10.1. The van der Waals surface area contributed by atoms with E-state index in [1.807, 2.05) is 12.1 Å². The quantitative estimate of drug-likeness (QED) is 0.823. The van der Waals surface area contributed by atoms with Crippen molar-refractivity contribution in [1.29, 1.82) is 0 Å². The van der Waals surface area contributed by atoms with Crippen molar-refractivity contribution in [2.24, 2.45) is 0 Å². The molecule has 16 heavy (non-hydrogen) atoms. The predicted molar refractivity (Wildman–Crippen MR) is 65.5 cm³/mol. The maximum absolute atomic E-state index is 5.58. The first-order chi connectivity index (χ1) is 7.78. The molecule has 82 valence electrons. The van der Waals surface area contributed by atoms with Crippen LogP contribution in [0.2, 0.25) is 0 Å². The summed E-state index contributed by atoms with van der Waals surface area (Å²) in [4.78, 5) is 7.93. The van der Waals surface area contributed by atoms with Crippen molar-refractivity contribution in [3.63, 3.8) is 0 Å². The second-order valence-electron chi connectivity index (χ2n) is 3.51. The van der Waals surface area contributed by atoms with Crippen LogP contribution in [0.3, 0.4) is 0 Å². The predicted octanol–water partition coefficient (Wildman–Crippen LogP) is 2.36. The van der Waals surface area contributed by atoms with Gasteiger partial charge in [-0.3, -0.25) is 0 Å². The van der Waals surface area contributed by atoms with Crippen LogP contribution in [0.1, 0.15) is 12.5 Å². The summed E-state index contributed by atoms with van der Waals surface area (Å²) in [5.74, 6) is 1.17. The number of nitrogen functional groups attached to an aromatic ring is 1. The summed E-state index contributed by atoms with van der Waals surface area (Å²) < 4.78 is 0. The van der Waals surface area contributed by atoms with E-state index in [9.17, 15) is 0 Å². The Morgan fingerprint density at radius 1 is 1.25 bits per heavy atom. The molecule has 0 atom stereocenters. The molecule has 0 spiro atoms. The Bertz CT molecular complexity index is 482. The lowest BCUT2D eigenvalue weighted by Gasteiger charge is -2.06. The van der Waals surface area contributed by atoms with Crippen LogP contribution in [-0.2, 0) is 6.42 Å². The fourth-order valence-corrected chi connectivity index (χ4v) is 1.46. The Morgan fingerprint density at radius 3 is 2.88 bits per heavy atom. The molecule has 4 heteroatoms. The number of nitrogens with zero attached hydrogens (tertiary/aromatic N) is 2.